The van der Waals surface area contributed by atoms with Gasteiger partial charge in [0.2, 0.25) is 15.9 Å². The highest BCUT2D eigenvalue weighted by Crippen LogP contribution is 2.29. The topological polar surface area (TPSA) is 66.5 Å². The first-order chi connectivity index (χ1) is 14.6. The largest absolute Gasteiger partial charge is 0.353 e. The van der Waals surface area contributed by atoms with Crippen molar-refractivity contribution in [3.8, 4) is 0 Å². The van der Waals surface area contributed by atoms with Gasteiger partial charge in [-0.3, -0.25) is 4.79 Å². The molecule has 168 valence electrons. The van der Waals surface area contributed by atoms with Gasteiger partial charge in [-0.05, 0) is 61.4 Å². The maximum absolute atomic E-state index is 13.2. The minimum atomic E-state index is -3.75. The molecule has 0 unspecified atom stereocenters. The Labute approximate surface area is 184 Å². The quantitative estimate of drug-likeness (QED) is 0.696. The molecule has 0 aromatic heterocycles. The highest BCUT2D eigenvalue weighted by atomic mass is 32.2. The lowest BCUT2D eigenvalue weighted by Gasteiger charge is -2.33. The number of carbonyl (C=O) groups excluding carboxylic acids is 1. The van der Waals surface area contributed by atoms with Crippen LogP contribution in [-0.2, 0) is 20.2 Å². The number of hydrogen-bond acceptors (Lipinski definition) is 3. The number of halogens is 1. The number of sulfonamides is 1. The van der Waals surface area contributed by atoms with Gasteiger partial charge in [-0.15, -0.1) is 0 Å². The predicted molar refractivity (Wildman–Crippen MR) is 120 cm³/mol. The number of nitrogens with one attached hydrogen (secondary N) is 1. The van der Waals surface area contributed by atoms with Crippen LogP contribution in [0.2, 0.25) is 0 Å². The molecule has 3 rings (SSSR count). The van der Waals surface area contributed by atoms with Crippen molar-refractivity contribution in [2.45, 2.75) is 56.4 Å². The molecule has 2 aromatic rings. The summed E-state index contributed by atoms with van der Waals surface area (Å²) in [6.45, 7) is 6.80. The summed E-state index contributed by atoms with van der Waals surface area (Å²) in [4.78, 5) is 13.0. The van der Waals surface area contributed by atoms with Crippen molar-refractivity contribution in [1.29, 1.82) is 0 Å². The lowest BCUT2D eigenvalue weighted by molar-refractivity contribution is -0.126. The molecular formula is C24H31FN2O3S. The standard InChI is InChI=1S/C24H31FN2O3S/c1-18(16-24(2,3)20-9-5-4-6-10-20)26-23(28)19-8-7-15-27(17-19)31(29,30)22-13-11-21(25)12-14-22/h4-6,9-14,18-19H,7-8,15-17H2,1-3H3,(H,26,28)/t18-,19+/m0/s1. The second-order valence-electron chi connectivity index (χ2n) is 9.02. The third-order valence-corrected chi connectivity index (χ3v) is 7.85. The third kappa shape index (κ3) is 5.71. The smallest absolute Gasteiger partial charge is 0.243 e. The van der Waals surface area contributed by atoms with E-state index in [-0.39, 0.29) is 28.8 Å². The average Bonchev–Trinajstić information content (AvgIpc) is 2.74. The van der Waals surface area contributed by atoms with Crippen LogP contribution in [0.4, 0.5) is 4.39 Å². The number of piperidine rings is 1. The highest BCUT2D eigenvalue weighted by molar-refractivity contribution is 7.89. The van der Waals surface area contributed by atoms with Gasteiger partial charge in [0.15, 0.2) is 0 Å². The van der Waals surface area contributed by atoms with E-state index < -0.39 is 21.8 Å². The number of rotatable bonds is 7. The molecular weight excluding hydrogens is 415 g/mol. The Balaban J connectivity index is 1.62. The van der Waals surface area contributed by atoms with Gasteiger partial charge in [-0.2, -0.15) is 4.31 Å². The Hall–Kier alpha value is -2.25. The summed E-state index contributed by atoms with van der Waals surface area (Å²) in [5, 5.41) is 3.08. The predicted octanol–water partition coefficient (Wildman–Crippen LogP) is 4.10. The monoisotopic (exact) mass is 446 g/mol. The number of amides is 1. The number of carbonyl (C=O) groups is 1. The van der Waals surface area contributed by atoms with Crippen molar-refractivity contribution in [3.63, 3.8) is 0 Å². The van der Waals surface area contributed by atoms with Crippen molar-refractivity contribution < 1.29 is 17.6 Å². The van der Waals surface area contributed by atoms with Gasteiger partial charge in [0.1, 0.15) is 5.82 Å². The van der Waals surface area contributed by atoms with Crippen molar-refractivity contribution in [2.75, 3.05) is 13.1 Å². The number of benzene rings is 2. The molecule has 1 heterocycles. The van der Waals surface area contributed by atoms with E-state index in [9.17, 15) is 17.6 Å². The summed E-state index contributed by atoms with van der Waals surface area (Å²) in [6, 6.07) is 14.9. The van der Waals surface area contributed by atoms with Crippen LogP contribution in [0.3, 0.4) is 0 Å². The summed E-state index contributed by atoms with van der Waals surface area (Å²) in [5.74, 6) is -0.996. The molecule has 1 amide bonds. The second-order valence-corrected chi connectivity index (χ2v) is 11.0. The molecule has 0 radical (unpaired) electrons. The molecule has 0 spiro atoms. The van der Waals surface area contributed by atoms with Crippen LogP contribution in [0.1, 0.15) is 45.6 Å². The maximum Gasteiger partial charge on any atom is 0.243 e. The molecule has 0 aliphatic carbocycles. The van der Waals surface area contributed by atoms with E-state index in [2.05, 4.69) is 31.3 Å². The van der Waals surface area contributed by atoms with E-state index in [1.807, 2.05) is 25.1 Å². The Kier molecular flexibility index (Phi) is 7.17. The van der Waals surface area contributed by atoms with Crippen LogP contribution in [0.5, 0.6) is 0 Å². The van der Waals surface area contributed by atoms with Gasteiger partial charge in [-0.1, -0.05) is 44.2 Å². The molecule has 0 saturated carbocycles. The highest BCUT2D eigenvalue weighted by Gasteiger charge is 2.34. The van der Waals surface area contributed by atoms with Crippen LogP contribution in [0, 0.1) is 11.7 Å². The maximum atomic E-state index is 13.2. The van der Waals surface area contributed by atoms with Crippen molar-refractivity contribution >= 4 is 15.9 Å². The lowest BCUT2D eigenvalue weighted by atomic mass is 9.79. The number of nitrogens with zero attached hydrogens (tertiary/aromatic N) is 1. The lowest BCUT2D eigenvalue weighted by Crippen LogP contribution is -2.47. The Bertz CT molecular complexity index is 991. The van der Waals surface area contributed by atoms with Gasteiger partial charge >= 0.3 is 0 Å². The first kappa shape index (κ1) is 23.4. The van der Waals surface area contributed by atoms with Crippen molar-refractivity contribution in [3.05, 3.63) is 66.0 Å². The fourth-order valence-corrected chi connectivity index (χ4v) is 5.84. The van der Waals surface area contributed by atoms with Crippen LogP contribution in [0.15, 0.2) is 59.5 Å². The minimum Gasteiger partial charge on any atom is -0.353 e. The third-order valence-electron chi connectivity index (χ3n) is 5.97. The van der Waals surface area contributed by atoms with E-state index in [4.69, 9.17) is 0 Å². The molecule has 0 bridgehead atoms. The first-order valence-electron chi connectivity index (χ1n) is 10.7. The van der Waals surface area contributed by atoms with E-state index in [1.54, 1.807) is 0 Å². The van der Waals surface area contributed by atoms with Gasteiger partial charge in [0, 0.05) is 19.1 Å². The number of hydrogen-bond donors (Lipinski definition) is 1. The Morgan fingerprint density at radius 3 is 2.45 bits per heavy atom. The van der Waals surface area contributed by atoms with Crippen LogP contribution in [-0.4, -0.2) is 37.8 Å². The minimum absolute atomic E-state index is 0.0490. The van der Waals surface area contributed by atoms with Crippen LogP contribution < -0.4 is 5.32 Å². The Morgan fingerprint density at radius 2 is 1.81 bits per heavy atom. The SMILES string of the molecule is C[C@@H](CC(C)(C)c1ccccc1)NC(=O)[C@@H]1CCCN(S(=O)(=O)c2ccc(F)cc2)C1. The summed E-state index contributed by atoms with van der Waals surface area (Å²) >= 11 is 0. The van der Waals surface area contributed by atoms with Gasteiger partial charge < -0.3 is 5.32 Å². The molecule has 1 aliphatic rings. The van der Waals surface area contributed by atoms with E-state index >= 15 is 0 Å². The molecule has 7 heteroatoms. The Morgan fingerprint density at radius 1 is 1.16 bits per heavy atom. The van der Waals surface area contributed by atoms with E-state index in [0.717, 1.165) is 18.6 Å². The van der Waals surface area contributed by atoms with Crippen molar-refractivity contribution in [2.24, 2.45) is 5.92 Å². The molecule has 1 fully saturated rings. The van der Waals surface area contributed by atoms with Crippen molar-refractivity contribution in [1.82, 2.24) is 9.62 Å². The summed E-state index contributed by atoms with van der Waals surface area (Å²) in [7, 11) is -3.75. The molecule has 1 saturated heterocycles. The zero-order valence-corrected chi connectivity index (χ0v) is 19.2. The second kappa shape index (κ2) is 9.49. The van der Waals surface area contributed by atoms with Gasteiger partial charge in [0.05, 0.1) is 10.8 Å². The van der Waals surface area contributed by atoms with E-state index in [0.29, 0.717) is 19.4 Å². The molecule has 1 N–H and O–H groups in total. The summed E-state index contributed by atoms with van der Waals surface area (Å²) in [6.07, 6.45) is 2.03. The average molecular weight is 447 g/mol. The first-order valence-corrected chi connectivity index (χ1v) is 12.2. The summed E-state index contributed by atoms with van der Waals surface area (Å²) in [5.41, 5.74) is 1.11. The molecule has 31 heavy (non-hydrogen) atoms. The fraction of sp³-hybridized carbons (Fsp3) is 0.458. The molecule has 5 nitrogen and oxygen atoms in total. The van der Waals surface area contributed by atoms with Gasteiger partial charge in [-0.25, -0.2) is 12.8 Å². The summed E-state index contributed by atoms with van der Waals surface area (Å²) < 4.78 is 40.3. The fourth-order valence-electron chi connectivity index (χ4n) is 4.31. The van der Waals surface area contributed by atoms with E-state index in [1.165, 1.54) is 22.0 Å². The molecule has 1 aliphatic heterocycles. The normalized spacial score (nSPS) is 19.0. The van der Waals surface area contributed by atoms with Crippen LogP contribution in [0.25, 0.3) is 0 Å². The van der Waals surface area contributed by atoms with Gasteiger partial charge in [0.25, 0.3) is 0 Å². The zero-order chi connectivity index (χ0) is 22.6. The molecule has 2 aromatic carbocycles. The zero-order valence-electron chi connectivity index (χ0n) is 18.3. The molecule has 2 atom stereocenters. The van der Waals surface area contributed by atoms with Crippen LogP contribution >= 0.6 is 0 Å².